The van der Waals surface area contributed by atoms with Crippen molar-refractivity contribution >= 4 is 10.9 Å². The molecule has 3 N–H and O–H groups in total. The van der Waals surface area contributed by atoms with Crippen LogP contribution in [0.3, 0.4) is 0 Å². The molecule has 2 nitrogen and oxygen atoms in total. The highest BCUT2D eigenvalue weighted by molar-refractivity contribution is 5.83. The van der Waals surface area contributed by atoms with Gasteiger partial charge in [-0.15, -0.1) is 0 Å². The molecule has 0 saturated heterocycles. The van der Waals surface area contributed by atoms with Crippen LogP contribution in [0.2, 0.25) is 0 Å². The fourth-order valence-corrected chi connectivity index (χ4v) is 1.79. The molecule has 0 aliphatic rings. The molecular formula is C13H18N2. The van der Waals surface area contributed by atoms with E-state index in [-0.39, 0.29) is 6.04 Å². The minimum atomic E-state index is 0.240. The number of aromatic amines is 1. The van der Waals surface area contributed by atoms with Gasteiger partial charge in [0.2, 0.25) is 0 Å². The predicted octanol–water partition coefficient (Wildman–Crippen LogP) is 2.69. The topological polar surface area (TPSA) is 41.8 Å². The lowest BCUT2D eigenvalue weighted by Gasteiger charge is -2.14. The second kappa shape index (κ2) is 4.07. The van der Waals surface area contributed by atoms with E-state index in [9.17, 15) is 0 Å². The maximum absolute atomic E-state index is 6.08. The molecule has 15 heavy (non-hydrogen) atoms. The SMILES string of the molecule is CC(C)C(N)Cc1c[nH]c2ccccc12. The lowest BCUT2D eigenvalue weighted by atomic mass is 9.97. The Bertz CT molecular complexity index is 442. The Morgan fingerprint density at radius 3 is 2.73 bits per heavy atom. The molecule has 1 aromatic heterocycles. The van der Waals surface area contributed by atoms with E-state index in [1.165, 1.54) is 16.5 Å². The van der Waals surface area contributed by atoms with Gasteiger partial charge in [0.15, 0.2) is 0 Å². The van der Waals surface area contributed by atoms with Crippen LogP contribution in [-0.2, 0) is 6.42 Å². The van der Waals surface area contributed by atoms with Crippen LogP contribution in [0, 0.1) is 5.92 Å². The molecule has 0 spiro atoms. The maximum Gasteiger partial charge on any atom is 0.0456 e. The Balaban J connectivity index is 2.29. The maximum atomic E-state index is 6.08. The Labute approximate surface area is 90.5 Å². The zero-order chi connectivity index (χ0) is 10.8. The normalized spacial score (nSPS) is 13.6. The summed E-state index contributed by atoms with van der Waals surface area (Å²) in [5, 5.41) is 1.30. The molecule has 2 aromatic rings. The van der Waals surface area contributed by atoms with Crippen molar-refractivity contribution in [3.63, 3.8) is 0 Å². The number of nitrogens with one attached hydrogen (secondary N) is 1. The van der Waals surface area contributed by atoms with Crippen molar-refractivity contribution in [2.75, 3.05) is 0 Å². The van der Waals surface area contributed by atoms with Gasteiger partial charge >= 0.3 is 0 Å². The summed E-state index contributed by atoms with van der Waals surface area (Å²) in [5.74, 6) is 0.527. The highest BCUT2D eigenvalue weighted by Gasteiger charge is 2.11. The minimum absolute atomic E-state index is 0.240. The summed E-state index contributed by atoms with van der Waals surface area (Å²) in [6.07, 6.45) is 3.02. The number of H-pyrrole nitrogens is 1. The second-order valence-electron chi connectivity index (χ2n) is 4.47. The van der Waals surface area contributed by atoms with E-state index < -0.39 is 0 Å². The van der Waals surface area contributed by atoms with Crippen molar-refractivity contribution in [2.45, 2.75) is 26.3 Å². The minimum Gasteiger partial charge on any atom is -0.361 e. The second-order valence-corrected chi connectivity index (χ2v) is 4.47. The van der Waals surface area contributed by atoms with Crippen LogP contribution < -0.4 is 5.73 Å². The van der Waals surface area contributed by atoms with Gasteiger partial charge < -0.3 is 10.7 Å². The van der Waals surface area contributed by atoms with Crippen LogP contribution in [0.15, 0.2) is 30.5 Å². The Hall–Kier alpha value is -1.28. The largest absolute Gasteiger partial charge is 0.361 e. The summed E-state index contributed by atoms with van der Waals surface area (Å²) in [6.45, 7) is 4.33. The lowest BCUT2D eigenvalue weighted by Crippen LogP contribution is -2.28. The van der Waals surface area contributed by atoms with E-state index in [0.29, 0.717) is 5.92 Å². The first-order valence-electron chi connectivity index (χ1n) is 5.49. The monoisotopic (exact) mass is 202 g/mol. The van der Waals surface area contributed by atoms with Gasteiger partial charge in [0, 0.05) is 23.1 Å². The van der Waals surface area contributed by atoms with Crippen molar-refractivity contribution in [2.24, 2.45) is 11.7 Å². The third kappa shape index (κ3) is 2.05. The molecule has 1 aromatic carbocycles. The molecule has 0 fully saturated rings. The van der Waals surface area contributed by atoms with Gasteiger partial charge in [0.1, 0.15) is 0 Å². The van der Waals surface area contributed by atoms with E-state index in [4.69, 9.17) is 5.73 Å². The molecule has 0 radical (unpaired) electrons. The number of benzene rings is 1. The molecule has 1 heterocycles. The quantitative estimate of drug-likeness (QED) is 0.789. The number of rotatable bonds is 3. The summed E-state index contributed by atoms with van der Waals surface area (Å²) in [7, 11) is 0. The van der Waals surface area contributed by atoms with E-state index in [2.05, 4.69) is 43.2 Å². The number of hydrogen-bond acceptors (Lipinski definition) is 1. The number of fused-ring (bicyclic) bond motifs is 1. The average molecular weight is 202 g/mol. The van der Waals surface area contributed by atoms with Gasteiger partial charge in [-0.1, -0.05) is 32.0 Å². The first kappa shape index (κ1) is 10.2. The molecule has 2 rings (SSSR count). The molecule has 2 heteroatoms. The summed E-state index contributed by atoms with van der Waals surface area (Å²) < 4.78 is 0. The predicted molar refractivity (Wildman–Crippen MR) is 64.8 cm³/mol. The molecule has 0 amide bonds. The number of aromatic nitrogens is 1. The standard InChI is InChI=1S/C13H18N2/c1-9(2)12(14)7-10-8-15-13-6-4-3-5-11(10)13/h3-6,8-9,12,15H,7,14H2,1-2H3. The third-order valence-electron chi connectivity index (χ3n) is 2.99. The molecule has 1 unspecified atom stereocenters. The van der Waals surface area contributed by atoms with Gasteiger partial charge in [-0.3, -0.25) is 0 Å². The van der Waals surface area contributed by atoms with Crippen molar-refractivity contribution < 1.29 is 0 Å². The van der Waals surface area contributed by atoms with Crippen LogP contribution in [0.5, 0.6) is 0 Å². The Morgan fingerprint density at radius 2 is 2.00 bits per heavy atom. The first-order valence-corrected chi connectivity index (χ1v) is 5.49. The zero-order valence-corrected chi connectivity index (χ0v) is 9.33. The molecule has 0 aliphatic carbocycles. The smallest absolute Gasteiger partial charge is 0.0456 e. The third-order valence-corrected chi connectivity index (χ3v) is 2.99. The van der Waals surface area contributed by atoms with Gasteiger partial charge in [-0.25, -0.2) is 0 Å². The van der Waals surface area contributed by atoms with E-state index in [1.54, 1.807) is 0 Å². The molecule has 0 saturated carbocycles. The molecular weight excluding hydrogens is 184 g/mol. The van der Waals surface area contributed by atoms with Gasteiger partial charge in [-0.05, 0) is 24.0 Å². The number of para-hydroxylation sites is 1. The highest BCUT2D eigenvalue weighted by Crippen LogP contribution is 2.19. The number of hydrogen-bond donors (Lipinski definition) is 2. The summed E-state index contributed by atoms with van der Waals surface area (Å²) in [4.78, 5) is 3.28. The average Bonchev–Trinajstić information content (AvgIpc) is 2.62. The lowest BCUT2D eigenvalue weighted by molar-refractivity contribution is 0.491. The van der Waals surface area contributed by atoms with Crippen LogP contribution >= 0.6 is 0 Å². The van der Waals surface area contributed by atoms with Crippen molar-refractivity contribution in [3.8, 4) is 0 Å². The van der Waals surface area contributed by atoms with Gasteiger partial charge in [-0.2, -0.15) is 0 Å². The van der Waals surface area contributed by atoms with Crippen LogP contribution in [0.4, 0.5) is 0 Å². The van der Waals surface area contributed by atoms with Crippen LogP contribution in [-0.4, -0.2) is 11.0 Å². The fraction of sp³-hybridized carbons (Fsp3) is 0.385. The van der Waals surface area contributed by atoms with Crippen LogP contribution in [0.25, 0.3) is 10.9 Å². The van der Waals surface area contributed by atoms with Gasteiger partial charge in [0.05, 0.1) is 0 Å². The van der Waals surface area contributed by atoms with Crippen molar-refractivity contribution in [3.05, 3.63) is 36.0 Å². The summed E-state index contributed by atoms with van der Waals surface area (Å²) >= 11 is 0. The van der Waals surface area contributed by atoms with Crippen LogP contribution in [0.1, 0.15) is 19.4 Å². The molecule has 1 atom stereocenters. The van der Waals surface area contributed by atoms with E-state index >= 15 is 0 Å². The van der Waals surface area contributed by atoms with Gasteiger partial charge in [0.25, 0.3) is 0 Å². The first-order chi connectivity index (χ1) is 7.18. The number of nitrogens with two attached hydrogens (primary N) is 1. The summed E-state index contributed by atoms with van der Waals surface area (Å²) in [5.41, 5.74) is 8.61. The summed E-state index contributed by atoms with van der Waals surface area (Å²) in [6, 6.07) is 8.60. The molecule has 0 aliphatic heterocycles. The van der Waals surface area contributed by atoms with Crippen molar-refractivity contribution in [1.29, 1.82) is 0 Å². The Morgan fingerprint density at radius 1 is 1.27 bits per heavy atom. The Kier molecular flexibility index (Phi) is 2.78. The fourth-order valence-electron chi connectivity index (χ4n) is 1.79. The van der Waals surface area contributed by atoms with E-state index in [1.807, 2.05) is 6.07 Å². The zero-order valence-electron chi connectivity index (χ0n) is 9.33. The molecule has 0 bridgehead atoms. The van der Waals surface area contributed by atoms with E-state index in [0.717, 1.165) is 6.42 Å². The van der Waals surface area contributed by atoms with Crippen molar-refractivity contribution in [1.82, 2.24) is 4.98 Å². The molecule has 80 valence electrons. The highest BCUT2D eigenvalue weighted by atomic mass is 14.7.